The predicted octanol–water partition coefficient (Wildman–Crippen LogP) is 1.25. The number of hydrogen-bond donors (Lipinski definition) is 1. The molecule has 0 spiro atoms. The maximum absolute atomic E-state index is 10.2. The zero-order valence-corrected chi connectivity index (χ0v) is 12.2. The summed E-state index contributed by atoms with van der Waals surface area (Å²) in [7, 11) is 0. The standard InChI is InChI=1S/C12H18N2O3S.ClH/c13-12-4-1-3-10-9-14(7-5-11(10)12)6-2-8-17-18(15)16;/h1,3-4H,2,5-9,13H2,(H,15,16);1H/p-1. The summed E-state index contributed by atoms with van der Waals surface area (Å²) < 4.78 is 24.9. The third-order valence-electron chi connectivity index (χ3n) is 3.18. The van der Waals surface area contributed by atoms with Gasteiger partial charge in [-0.1, -0.05) is 12.1 Å². The van der Waals surface area contributed by atoms with Crippen LogP contribution in [0.4, 0.5) is 5.69 Å². The third-order valence-corrected chi connectivity index (χ3v) is 3.54. The van der Waals surface area contributed by atoms with Crippen molar-refractivity contribution in [3.63, 3.8) is 0 Å². The van der Waals surface area contributed by atoms with Crippen LogP contribution in [0.3, 0.4) is 0 Å². The van der Waals surface area contributed by atoms with Gasteiger partial charge in [-0.3, -0.25) is 4.90 Å². The topological polar surface area (TPSA) is 78.6 Å². The van der Waals surface area contributed by atoms with Crippen LogP contribution in [0, 0.1) is 0 Å². The second-order valence-corrected chi connectivity index (χ2v) is 5.03. The molecule has 0 aromatic heterocycles. The van der Waals surface area contributed by atoms with E-state index in [1.165, 1.54) is 11.1 Å². The summed E-state index contributed by atoms with van der Waals surface area (Å²) in [4.78, 5) is 2.29. The monoisotopic (exact) mass is 305 g/mol. The highest BCUT2D eigenvalue weighted by Gasteiger charge is 2.17. The largest absolute Gasteiger partial charge is 0.750 e. The van der Waals surface area contributed by atoms with Crippen LogP contribution in [0.25, 0.3) is 0 Å². The Morgan fingerprint density at radius 2 is 2.26 bits per heavy atom. The summed E-state index contributed by atoms with van der Waals surface area (Å²) in [5.41, 5.74) is 9.34. The van der Waals surface area contributed by atoms with Crippen molar-refractivity contribution >= 4 is 29.5 Å². The SMILES string of the molecule is Cl.Nc1cccc2c1CCN(CCCOS(=O)[O-])C2. The van der Waals surface area contributed by atoms with Crippen molar-refractivity contribution in [2.75, 3.05) is 25.4 Å². The molecule has 108 valence electrons. The molecule has 1 aliphatic heterocycles. The molecule has 0 radical (unpaired) electrons. The lowest BCUT2D eigenvalue weighted by Gasteiger charge is -2.29. The fourth-order valence-corrected chi connectivity index (χ4v) is 2.56. The summed E-state index contributed by atoms with van der Waals surface area (Å²) in [6, 6.07) is 6.01. The predicted molar refractivity (Wildman–Crippen MR) is 76.6 cm³/mol. The second-order valence-electron chi connectivity index (χ2n) is 4.39. The first-order chi connectivity index (χ1) is 8.66. The number of benzene rings is 1. The summed E-state index contributed by atoms with van der Waals surface area (Å²) in [5.74, 6) is 0. The van der Waals surface area contributed by atoms with Crippen LogP contribution in [-0.4, -0.2) is 33.4 Å². The van der Waals surface area contributed by atoms with Crippen molar-refractivity contribution in [3.8, 4) is 0 Å². The minimum atomic E-state index is -2.40. The average molecular weight is 306 g/mol. The van der Waals surface area contributed by atoms with Gasteiger partial charge in [0, 0.05) is 25.3 Å². The van der Waals surface area contributed by atoms with Crippen LogP contribution < -0.4 is 5.73 Å². The van der Waals surface area contributed by atoms with Crippen LogP contribution in [-0.2, 0) is 28.5 Å². The molecule has 1 heterocycles. The molecule has 2 rings (SSSR count). The first-order valence-corrected chi connectivity index (χ1v) is 6.98. The minimum absolute atomic E-state index is 0. The summed E-state index contributed by atoms with van der Waals surface area (Å²) >= 11 is -2.40. The van der Waals surface area contributed by atoms with Crippen molar-refractivity contribution in [1.82, 2.24) is 4.90 Å². The van der Waals surface area contributed by atoms with Gasteiger partial charge in [-0.25, -0.2) is 4.21 Å². The smallest absolute Gasteiger partial charge is 0.0842 e. The van der Waals surface area contributed by atoms with Gasteiger partial charge in [-0.15, -0.1) is 12.4 Å². The van der Waals surface area contributed by atoms with Crippen molar-refractivity contribution in [1.29, 1.82) is 0 Å². The Morgan fingerprint density at radius 3 is 3.00 bits per heavy atom. The van der Waals surface area contributed by atoms with E-state index in [9.17, 15) is 8.76 Å². The normalized spacial score (nSPS) is 16.5. The number of nitrogens with two attached hydrogens (primary N) is 1. The molecule has 5 nitrogen and oxygen atoms in total. The molecule has 1 atom stereocenters. The van der Waals surface area contributed by atoms with Gasteiger partial charge >= 0.3 is 0 Å². The maximum Gasteiger partial charge on any atom is 0.0842 e. The van der Waals surface area contributed by atoms with E-state index < -0.39 is 11.4 Å². The lowest BCUT2D eigenvalue weighted by atomic mass is 9.98. The molecule has 2 N–H and O–H groups in total. The maximum atomic E-state index is 10.2. The number of anilines is 1. The van der Waals surface area contributed by atoms with E-state index in [1.807, 2.05) is 12.1 Å². The molecule has 7 heteroatoms. The highest BCUT2D eigenvalue weighted by atomic mass is 35.5. The Bertz CT molecular complexity index is 445. The summed E-state index contributed by atoms with van der Waals surface area (Å²) in [5, 5.41) is 0. The van der Waals surface area contributed by atoms with E-state index in [0.717, 1.165) is 31.7 Å². The van der Waals surface area contributed by atoms with Gasteiger partial charge in [0.2, 0.25) is 0 Å². The fraction of sp³-hybridized carbons (Fsp3) is 0.500. The Kier molecular flexibility index (Phi) is 6.74. The summed E-state index contributed by atoms with van der Waals surface area (Å²) in [6.45, 7) is 2.92. The molecular formula is C12H18ClN2O3S-. The van der Waals surface area contributed by atoms with Crippen molar-refractivity contribution in [2.45, 2.75) is 19.4 Å². The van der Waals surface area contributed by atoms with Crippen LogP contribution in [0.15, 0.2) is 18.2 Å². The third kappa shape index (κ3) is 4.74. The van der Waals surface area contributed by atoms with E-state index >= 15 is 0 Å². The Labute approximate surface area is 122 Å². The first-order valence-electron chi connectivity index (χ1n) is 5.98. The van der Waals surface area contributed by atoms with Crippen molar-refractivity contribution in [2.24, 2.45) is 0 Å². The van der Waals surface area contributed by atoms with Crippen LogP contribution >= 0.6 is 12.4 Å². The van der Waals surface area contributed by atoms with E-state index in [0.29, 0.717) is 6.42 Å². The number of nitrogens with zero attached hydrogens (tertiary/aromatic N) is 1. The fourth-order valence-electron chi connectivity index (χ4n) is 2.30. The number of fused-ring (bicyclic) bond motifs is 1. The Balaban J connectivity index is 0.00000180. The van der Waals surface area contributed by atoms with Crippen molar-refractivity contribution < 1.29 is 12.9 Å². The lowest BCUT2D eigenvalue weighted by molar-refractivity contribution is 0.220. The number of nitrogen functional groups attached to an aromatic ring is 1. The van der Waals surface area contributed by atoms with Gasteiger partial charge in [0.25, 0.3) is 0 Å². The molecule has 1 aromatic rings. The molecule has 1 aliphatic rings. The molecule has 0 saturated heterocycles. The van der Waals surface area contributed by atoms with Gasteiger partial charge < -0.3 is 14.5 Å². The second kappa shape index (κ2) is 7.81. The molecule has 0 amide bonds. The molecule has 0 saturated carbocycles. The first kappa shape index (κ1) is 16.4. The number of halogens is 1. The highest BCUT2D eigenvalue weighted by molar-refractivity contribution is 7.74. The van der Waals surface area contributed by atoms with Gasteiger partial charge in [0.1, 0.15) is 0 Å². The Hall–Kier alpha value is -0.660. The van der Waals surface area contributed by atoms with Gasteiger partial charge in [-0.05, 0) is 30.0 Å². The zero-order chi connectivity index (χ0) is 13.0. The van der Waals surface area contributed by atoms with Gasteiger partial charge in [0.15, 0.2) is 0 Å². The van der Waals surface area contributed by atoms with E-state index in [2.05, 4.69) is 15.1 Å². The van der Waals surface area contributed by atoms with Gasteiger partial charge in [0.05, 0.1) is 18.0 Å². The number of hydrogen-bond acceptors (Lipinski definition) is 5. The van der Waals surface area contributed by atoms with Crippen molar-refractivity contribution in [3.05, 3.63) is 29.3 Å². The molecule has 1 aromatic carbocycles. The van der Waals surface area contributed by atoms with Crippen LogP contribution in [0.5, 0.6) is 0 Å². The molecule has 0 fully saturated rings. The number of rotatable bonds is 5. The Morgan fingerprint density at radius 1 is 1.47 bits per heavy atom. The average Bonchev–Trinajstić information content (AvgIpc) is 2.35. The minimum Gasteiger partial charge on any atom is -0.750 e. The van der Waals surface area contributed by atoms with E-state index in [-0.39, 0.29) is 19.0 Å². The summed E-state index contributed by atoms with van der Waals surface area (Å²) in [6.07, 6.45) is 1.67. The van der Waals surface area contributed by atoms with Gasteiger partial charge in [-0.2, -0.15) is 0 Å². The molecule has 1 unspecified atom stereocenters. The molecule has 0 aliphatic carbocycles. The van der Waals surface area contributed by atoms with E-state index in [1.54, 1.807) is 0 Å². The molecule has 0 bridgehead atoms. The highest BCUT2D eigenvalue weighted by Crippen LogP contribution is 2.23. The zero-order valence-electron chi connectivity index (χ0n) is 10.5. The molecule has 19 heavy (non-hydrogen) atoms. The molecular weight excluding hydrogens is 288 g/mol. The van der Waals surface area contributed by atoms with Crippen LogP contribution in [0.2, 0.25) is 0 Å². The quantitative estimate of drug-likeness (QED) is 0.503. The lowest BCUT2D eigenvalue weighted by Crippen LogP contribution is -2.32. The van der Waals surface area contributed by atoms with E-state index in [4.69, 9.17) is 5.73 Å². The van der Waals surface area contributed by atoms with Crippen LogP contribution in [0.1, 0.15) is 17.5 Å².